The standard InChI is InChI=1S/C10H16N2S4/c1-5-11-9(13-6-2)15-16-10-12-7(3)8(4)14-10/h5-6H2,1-4H3. The van der Waals surface area contributed by atoms with Crippen LogP contribution in [0.4, 0.5) is 0 Å². The third-order valence-corrected chi connectivity index (χ3v) is 6.80. The summed E-state index contributed by atoms with van der Waals surface area (Å²) in [7, 11) is 3.44. The van der Waals surface area contributed by atoms with Gasteiger partial charge in [-0.2, -0.15) is 0 Å². The summed E-state index contributed by atoms with van der Waals surface area (Å²) in [6.07, 6.45) is 0. The summed E-state index contributed by atoms with van der Waals surface area (Å²) < 4.78 is 2.28. The molecular formula is C10H16N2S4. The van der Waals surface area contributed by atoms with Gasteiger partial charge in [0.25, 0.3) is 0 Å². The van der Waals surface area contributed by atoms with Crippen molar-refractivity contribution in [1.82, 2.24) is 4.98 Å². The molecule has 16 heavy (non-hydrogen) atoms. The molecule has 90 valence electrons. The second-order valence-corrected chi connectivity index (χ2v) is 8.04. The molecule has 0 N–H and O–H groups in total. The van der Waals surface area contributed by atoms with Crippen LogP contribution in [-0.4, -0.2) is 21.7 Å². The zero-order chi connectivity index (χ0) is 12.0. The van der Waals surface area contributed by atoms with Crippen LogP contribution in [0.2, 0.25) is 0 Å². The lowest BCUT2D eigenvalue weighted by molar-refractivity contribution is 1.14. The van der Waals surface area contributed by atoms with Crippen LogP contribution in [-0.2, 0) is 0 Å². The number of nitrogens with zero attached hydrogens (tertiary/aromatic N) is 2. The van der Waals surface area contributed by atoms with E-state index in [0.29, 0.717) is 0 Å². The molecule has 0 atom stereocenters. The van der Waals surface area contributed by atoms with Crippen LogP contribution in [0, 0.1) is 13.8 Å². The fraction of sp³-hybridized carbons (Fsp3) is 0.600. The molecule has 0 fully saturated rings. The van der Waals surface area contributed by atoms with Crippen LogP contribution in [0.5, 0.6) is 0 Å². The van der Waals surface area contributed by atoms with Crippen molar-refractivity contribution in [3.63, 3.8) is 0 Å². The van der Waals surface area contributed by atoms with E-state index in [4.69, 9.17) is 0 Å². The Bertz CT molecular complexity index is 340. The van der Waals surface area contributed by atoms with Crippen molar-refractivity contribution >= 4 is 49.1 Å². The zero-order valence-corrected chi connectivity index (χ0v) is 13.2. The fourth-order valence-corrected chi connectivity index (χ4v) is 5.61. The van der Waals surface area contributed by atoms with E-state index in [1.807, 2.05) is 0 Å². The van der Waals surface area contributed by atoms with Crippen LogP contribution in [0.3, 0.4) is 0 Å². The molecule has 0 aliphatic carbocycles. The van der Waals surface area contributed by atoms with Gasteiger partial charge in [0.1, 0.15) is 4.38 Å². The van der Waals surface area contributed by atoms with Gasteiger partial charge in [0.15, 0.2) is 4.34 Å². The van der Waals surface area contributed by atoms with Crippen molar-refractivity contribution in [1.29, 1.82) is 0 Å². The molecular weight excluding hydrogens is 276 g/mol. The van der Waals surface area contributed by atoms with Crippen LogP contribution >= 0.6 is 44.7 Å². The van der Waals surface area contributed by atoms with E-state index in [0.717, 1.165) is 26.7 Å². The number of aryl methyl sites for hydroxylation is 2. The molecule has 0 bridgehead atoms. The van der Waals surface area contributed by atoms with Gasteiger partial charge in [-0.3, -0.25) is 4.99 Å². The summed E-state index contributed by atoms with van der Waals surface area (Å²) >= 11 is 3.56. The first-order valence-electron chi connectivity index (χ1n) is 5.13. The smallest absolute Gasteiger partial charge is 0.161 e. The molecule has 0 spiro atoms. The number of aliphatic imine (C=N–C) groups is 1. The third kappa shape index (κ3) is 4.69. The second kappa shape index (κ2) is 7.63. The summed E-state index contributed by atoms with van der Waals surface area (Å²) in [4.78, 5) is 10.3. The lowest BCUT2D eigenvalue weighted by Gasteiger charge is -2.00. The quantitative estimate of drug-likeness (QED) is 0.459. The van der Waals surface area contributed by atoms with Crippen molar-refractivity contribution < 1.29 is 0 Å². The van der Waals surface area contributed by atoms with E-state index in [1.54, 1.807) is 44.7 Å². The van der Waals surface area contributed by atoms with Crippen molar-refractivity contribution in [3.8, 4) is 0 Å². The third-order valence-electron chi connectivity index (χ3n) is 1.75. The van der Waals surface area contributed by atoms with Gasteiger partial charge in [-0.05, 0) is 48.1 Å². The SMILES string of the molecule is CCN=C(SCC)SSc1nc(C)c(C)s1. The Morgan fingerprint density at radius 2 is 2.12 bits per heavy atom. The number of hydrogen-bond donors (Lipinski definition) is 0. The topological polar surface area (TPSA) is 25.2 Å². The molecule has 0 aliphatic rings. The second-order valence-electron chi connectivity index (χ2n) is 2.96. The van der Waals surface area contributed by atoms with Crippen molar-refractivity contribution in [3.05, 3.63) is 10.6 Å². The Hall–Kier alpha value is 0.350. The minimum atomic E-state index is 0.853. The highest BCUT2D eigenvalue weighted by Crippen LogP contribution is 2.38. The highest BCUT2D eigenvalue weighted by Gasteiger charge is 2.07. The number of thiazole rings is 1. The van der Waals surface area contributed by atoms with E-state index >= 15 is 0 Å². The Balaban J connectivity index is 2.51. The molecule has 1 heterocycles. The fourth-order valence-electron chi connectivity index (χ4n) is 0.899. The van der Waals surface area contributed by atoms with E-state index < -0.39 is 0 Å². The van der Waals surface area contributed by atoms with Crippen LogP contribution < -0.4 is 0 Å². The lowest BCUT2D eigenvalue weighted by Crippen LogP contribution is -1.85. The molecule has 2 nitrogen and oxygen atoms in total. The Kier molecular flexibility index (Phi) is 6.87. The minimum Gasteiger partial charge on any atom is -0.271 e. The molecule has 1 aromatic rings. The molecule has 1 aromatic heterocycles. The molecule has 0 amide bonds. The number of hydrogen-bond acceptors (Lipinski definition) is 6. The predicted molar refractivity (Wildman–Crippen MR) is 81.1 cm³/mol. The molecule has 0 aliphatic heterocycles. The van der Waals surface area contributed by atoms with Crippen LogP contribution in [0.15, 0.2) is 9.33 Å². The van der Waals surface area contributed by atoms with Crippen molar-refractivity contribution in [2.45, 2.75) is 32.0 Å². The summed E-state index contributed by atoms with van der Waals surface area (Å²) in [6.45, 7) is 9.25. The van der Waals surface area contributed by atoms with E-state index in [1.165, 1.54) is 4.88 Å². The Morgan fingerprint density at radius 1 is 1.38 bits per heavy atom. The van der Waals surface area contributed by atoms with Gasteiger partial charge in [0.2, 0.25) is 0 Å². The lowest BCUT2D eigenvalue weighted by atomic mass is 10.4. The normalized spacial score (nSPS) is 12.1. The summed E-state index contributed by atoms with van der Waals surface area (Å²) in [6, 6.07) is 0. The van der Waals surface area contributed by atoms with Gasteiger partial charge >= 0.3 is 0 Å². The highest BCUT2D eigenvalue weighted by molar-refractivity contribution is 8.86. The van der Waals surface area contributed by atoms with Crippen molar-refractivity contribution in [2.24, 2.45) is 4.99 Å². The number of thioether (sulfide) groups is 1. The number of aromatic nitrogens is 1. The average molecular weight is 293 g/mol. The van der Waals surface area contributed by atoms with E-state index in [2.05, 4.69) is 37.7 Å². The number of rotatable bonds is 4. The monoisotopic (exact) mass is 292 g/mol. The first-order chi connectivity index (χ1) is 7.67. The predicted octanol–water partition coefficient (Wildman–Crippen LogP) is 4.63. The van der Waals surface area contributed by atoms with E-state index in [-0.39, 0.29) is 0 Å². The Labute approximate surface area is 114 Å². The molecule has 0 saturated heterocycles. The maximum atomic E-state index is 4.50. The molecule has 1 rings (SSSR count). The van der Waals surface area contributed by atoms with Crippen molar-refractivity contribution in [2.75, 3.05) is 12.3 Å². The maximum Gasteiger partial charge on any atom is 0.161 e. The van der Waals surface area contributed by atoms with Crippen LogP contribution in [0.25, 0.3) is 0 Å². The van der Waals surface area contributed by atoms with E-state index in [9.17, 15) is 0 Å². The first kappa shape index (κ1) is 14.4. The first-order valence-corrected chi connectivity index (χ1v) is 9.08. The van der Waals surface area contributed by atoms with Gasteiger partial charge in [-0.1, -0.05) is 18.7 Å². The molecule has 0 unspecified atom stereocenters. The average Bonchev–Trinajstić information content (AvgIpc) is 2.56. The molecule has 0 saturated carbocycles. The zero-order valence-electron chi connectivity index (χ0n) is 9.94. The van der Waals surface area contributed by atoms with Gasteiger partial charge in [-0.15, -0.1) is 11.3 Å². The Morgan fingerprint density at radius 3 is 2.62 bits per heavy atom. The van der Waals surface area contributed by atoms with Gasteiger partial charge in [-0.25, -0.2) is 4.98 Å². The van der Waals surface area contributed by atoms with Crippen LogP contribution in [0.1, 0.15) is 24.4 Å². The molecule has 0 aromatic carbocycles. The molecule has 6 heteroatoms. The highest BCUT2D eigenvalue weighted by atomic mass is 33.1. The van der Waals surface area contributed by atoms with Gasteiger partial charge in [0, 0.05) is 11.4 Å². The van der Waals surface area contributed by atoms with Gasteiger partial charge in [0.05, 0.1) is 5.69 Å². The maximum absolute atomic E-state index is 4.50. The summed E-state index contributed by atoms with van der Waals surface area (Å²) in [5.74, 6) is 1.07. The minimum absolute atomic E-state index is 0.853. The summed E-state index contributed by atoms with van der Waals surface area (Å²) in [5.41, 5.74) is 1.14. The molecule has 0 radical (unpaired) electrons. The van der Waals surface area contributed by atoms with Gasteiger partial charge < -0.3 is 0 Å². The largest absolute Gasteiger partial charge is 0.271 e. The summed E-state index contributed by atoms with van der Waals surface area (Å²) in [5, 5.41) is 0.